The summed E-state index contributed by atoms with van der Waals surface area (Å²) in [5, 5.41) is 0. The SMILES string of the molecule is CCOS(CC)(OCC)c1ccccc1. The van der Waals surface area contributed by atoms with Gasteiger partial charge in [0, 0.05) is 5.75 Å². The van der Waals surface area contributed by atoms with Gasteiger partial charge in [0.2, 0.25) is 0 Å². The lowest BCUT2D eigenvalue weighted by molar-refractivity contribution is 0.276. The summed E-state index contributed by atoms with van der Waals surface area (Å²) in [7, 11) is -1.51. The van der Waals surface area contributed by atoms with E-state index in [1.165, 1.54) is 4.90 Å². The molecule has 3 heteroatoms. The highest BCUT2D eigenvalue weighted by molar-refractivity contribution is 8.25. The van der Waals surface area contributed by atoms with Crippen LogP contribution in [0.3, 0.4) is 0 Å². The molecule has 0 N–H and O–H groups in total. The Hall–Kier alpha value is -0.510. The second-order valence-electron chi connectivity index (χ2n) is 3.03. The lowest BCUT2D eigenvalue weighted by atomic mass is 10.4. The highest BCUT2D eigenvalue weighted by Crippen LogP contribution is 2.57. The Labute approximate surface area is 94.3 Å². The van der Waals surface area contributed by atoms with E-state index in [1.807, 2.05) is 32.0 Å². The average molecular weight is 228 g/mol. The van der Waals surface area contributed by atoms with E-state index in [-0.39, 0.29) is 0 Å². The molecule has 0 aliphatic heterocycles. The van der Waals surface area contributed by atoms with Crippen LogP contribution in [-0.2, 0) is 8.37 Å². The quantitative estimate of drug-likeness (QED) is 0.738. The molecule has 0 aliphatic carbocycles. The van der Waals surface area contributed by atoms with Gasteiger partial charge in [-0.15, -0.1) is 0 Å². The molecule has 0 saturated heterocycles. The topological polar surface area (TPSA) is 18.5 Å². The first-order valence-electron chi connectivity index (χ1n) is 5.44. The fourth-order valence-corrected chi connectivity index (χ4v) is 3.85. The molecule has 0 atom stereocenters. The highest BCUT2D eigenvalue weighted by atomic mass is 32.3. The Kier molecular flexibility index (Phi) is 5.15. The molecule has 86 valence electrons. The molecule has 0 spiro atoms. The normalized spacial score (nSPS) is 12.7. The summed E-state index contributed by atoms with van der Waals surface area (Å²) in [6.07, 6.45) is 0. The minimum atomic E-state index is -1.51. The third-order valence-electron chi connectivity index (χ3n) is 2.10. The average Bonchev–Trinajstić information content (AvgIpc) is 2.30. The molecule has 0 aromatic heterocycles. The van der Waals surface area contributed by atoms with Crippen LogP contribution < -0.4 is 0 Å². The fourth-order valence-electron chi connectivity index (χ4n) is 1.51. The second kappa shape index (κ2) is 6.16. The van der Waals surface area contributed by atoms with Crippen LogP contribution in [0, 0.1) is 0 Å². The molecule has 0 aliphatic rings. The Balaban J connectivity index is 2.97. The molecule has 0 fully saturated rings. The van der Waals surface area contributed by atoms with Gasteiger partial charge in [-0.3, -0.25) is 8.37 Å². The molecular weight excluding hydrogens is 208 g/mol. The monoisotopic (exact) mass is 228 g/mol. The van der Waals surface area contributed by atoms with E-state index in [2.05, 4.69) is 19.1 Å². The van der Waals surface area contributed by atoms with Crippen LogP contribution in [0.25, 0.3) is 0 Å². The number of hydrogen-bond acceptors (Lipinski definition) is 2. The van der Waals surface area contributed by atoms with Gasteiger partial charge in [0.15, 0.2) is 0 Å². The molecule has 1 aromatic rings. The van der Waals surface area contributed by atoms with E-state index < -0.39 is 10.6 Å². The van der Waals surface area contributed by atoms with Crippen LogP contribution in [0.1, 0.15) is 20.8 Å². The molecule has 0 amide bonds. The third-order valence-corrected chi connectivity index (χ3v) is 5.08. The highest BCUT2D eigenvalue weighted by Gasteiger charge is 2.20. The van der Waals surface area contributed by atoms with Gasteiger partial charge in [-0.25, -0.2) is 0 Å². The van der Waals surface area contributed by atoms with Crippen molar-refractivity contribution in [2.45, 2.75) is 25.7 Å². The van der Waals surface area contributed by atoms with Crippen LogP contribution in [0.2, 0.25) is 0 Å². The molecule has 1 rings (SSSR count). The van der Waals surface area contributed by atoms with Crippen molar-refractivity contribution in [3.63, 3.8) is 0 Å². The maximum Gasteiger partial charge on any atom is 0.0690 e. The minimum Gasteiger partial charge on any atom is -0.280 e. The van der Waals surface area contributed by atoms with Crippen molar-refractivity contribution in [3.8, 4) is 0 Å². The molecule has 0 unspecified atom stereocenters. The van der Waals surface area contributed by atoms with E-state index in [9.17, 15) is 0 Å². The van der Waals surface area contributed by atoms with Crippen molar-refractivity contribution in [2.24, 2.45) is 0 Å². The summed E-state index contributed by atoms with van der Waals surface area (Å²) < 4.78 is 11.7. The van der Waals surface area contributed by atoms with Crippen molar-refractivity contribution in [1.29, 1.82) is 0 Å². The third kappa shape index (κ3) is 2.97. The molecule has 2 nitrogen and oxygen atoms in total. The second-order valence-corrected chi connectivity index (χ2v) is 5.78. The van der Waals surface area contributed by atoms with E-state index >= 15 is 0 Å². The minimum absolute atomic E-state index is 0.693. The molecular formula is C12H20O2S. The van der Waals surface area contributed by atoms with Gasteiger partial charge in [0.25, 0.3) is 0 Å². The zero-order chi connectivity index (χ0) is 11.1. The van der Waals surface area contributed by atoms with Gasteiger partial charge in [0.1, 0.15) is 0 Å². The molecule has 15 heavy (non-hydrogen) atoms. The van der Waals surface area contributed by atoms with Crippen molar-refractivity contribution in [3.05, 3.63) is 30.3 Å². The number of hydrogen-bond donors (Lipinski definition) is 0. The predicted octanol–water partition coefficient (Wildman–Crippen LogP) is 3.77. The Morgan fingerprint density at radius 2 is 1.47 bits per heavy atom. The maximum atomic E-state index is 5.87. The lowest BCUT2D eigenvalue weighted by Crippen LogP contribution is -2.12. The zero-order valence-electron chi connectivity index (χ0n) is 9.73. The molecule has 0 bridgehead atoms. The molecule has 0 saturated carbocycles. The van der Waals surface area contributed by atoms with E-state index in [4.69, 9.17) is 8.37 Å². The van der Waals surface area contributed by atoms with Gasteiger partial charge < -0.3 is 0 Å². The van der Waals surface area contributed by atoms with Gasteiger partial charge in [-0.1, -0.05) is 18.2 Å². The summed E-state index contributed by atoms with van der Waals surface area (Å²) in [6, 6.07) is 10.3. The van der Waals surface area contributed by atoms with Crippen molar-refractivity contribution in [2.75, 3.05) is 19.0 Å². The summed E-state index contributed by atoms with van der Waals surface area (Å²) in [6.45, 7) is 7.53. The Morgan fingerprint density at radius 1 is 0.933 bits per heavy atom. The van der Waals surface area contributed by atoms with E-state index in [0.717, 1.165) is 5.75 Å². The standard InChI is InChI=1S/C12H20O2S/c1-4-13-15(6-3,14-5-2)12-10-8-7-9-11-12/h7-11H,4-6H2,1-3H3. The van der Waals surface area contributed by atoms with E-state index in [0.29, 0.717) is 13.2 Å². The zero-order valence-corrected chi connectivity index (χ0v) is 10.5. The Morgan fingerprint density at radius 3 is 1.87 bits per heavy atom. The van der Waals surface area contributed by atoms with Crippen LogP contribution in [0.5, 0.6) is 0 Å². The molecule has 0 heterocycles. The number of rotatable bonds is 6. The first kappa shape index (κ1) is 12.6. The predicted molar refractivity (Wildman–Crippen MR) is 66.1 cm³/mol. The summed E-state index contributed by atoms with van der Waals surface area (Å²) in [5.74, 6) is 0.901. The van der Waals surface area contributed by atoms with Crippen LogP contribution in [0.4, 0.5) is 0 Å². The van der Waals surface area contributed by atoms with Crippen LogP contribution >= 0.6 is 10.6 Å². The molecule has 1 aromatic carbocycles. The first-order chi connectivity index (χ1) is 7.29. The smallest absolute Gasteiger partial charge is 0.0690 e. The largest absolute Gasteiger partial charge is 0.280 e. The van der Waals surface area contributed by atoms with Crippen molar-refractivity contribution >= 4 is 10.6 Å². The van der Waals surface area contributed by atoms with E-state index in [1.54, 1.807) is 0 Å². The van der Waals surface area contributed by atoms with Gasteiger partial charge >= 0.3 is 0 Å². The molecule has 0 radical (unpaired) electrons. The number of benzene rings is 1. The van der Waals surface area contributed by atoms with Crippen molar-refractivity contribution < 1.29 is 8.37 Å². The van der Waals surface area contributed by atoms with Gasteiger partial charge in [-0.05, 0) is 32.9 Å². The first-order valence-corrected chi connectivity index (χ1v) is 7.09. The van der Waals surface area contributed by atoms with Crippen molar-refractivity contribution in [1.82, 2.24) is 0 Å². The summed E-state index contributed by atoms with van der Waals surface area (Å²) in [5.41, 5.74) is 0. The van der Waals surface area contributed by atoms with Gasteiger partial charge in [0.05, 0.1) is 18.1 Å². The lowest BCUT2D eigenvalue weighted by Gasteiger charge is -2.42. The van der Waals surface area contributed by atoms with Crippen LogP contribution in [0.15, 0.2) is 35.2 Å². The van der Waals surface area contributed by atoms with Gasteiger partial charge in [-0.2, -0.15) is 10.6 Å². The maximum absolute atomic E-state index is 5.87. The Bertz CT molecular complexity index is 268. The summed E-state index contributed by atoms with van der Waals surface area (Å²) >= 11 is 0. The van der Waals surface area contributed by atoms with Crippen LogP contribution in [-0.4, -0.2) is 19.0 Å². The fraction of sp³-hybridized carbons (Fsp3) is 0.500. The summed E-state index contributed by atoms with van der Waals surface area (Å²) in [4.78, 5) is 1.18.